The lowest BCUT2D eigenvalue weighted by atomic mass is 9.76. The van der Waals surface area contributed by atoms with Gasteiger partial charge in [-0.1, -0.05) is 43.3 Å². The van der Waals surface area contributed by atoms with E-state index < -0.39 is 35.4 Å². The summed E-state index contributed by atoms with van der Waals surface area (Å²) in [6.45, 7) is 3.61. The first-order chi connectivity index (χ1) is 15.8. The van der Waals surface area contributed by atoms with Gasteiger partial charge in [0, 0.05) is 22.9 Å². The maximum Gasteiger partial charge on any atom is 0.250 e. The second-order valence-corrected chi connectivity index (χ2v) is 8.94. The molecular formula is C25H27N3O5. The number of hydrogen-bond donors (Lipinski definition) is 3. The summed E-state index contributed by atoms with van der Waals surface area (Å²) in [7, 11) is 1.54. The third-order valence-corrected chi connectivity index (χ3v) is 7.28. The number of aryl methyl sites for hydroxylation is 1. The summed E-state index contributed by atoms with van der Waals surface area (Å²) in [6.07, 6.45) is -0.230. The van der Waals surface area contributed by atoms with Crippen molar-refractivity contribution in [3.63, 3.8) is 0 Å². The number of benzene rings is 2. The molecule has 0 aromatic heterocycles. The summed E-state index contributed by atoms with van der Waals surface area (Å²) in [5, 5.41) is 16.7. The minimum Gasteiger partial charge on any atom is -0.496 e. The van der Waals surface area contributed by atoms with Crippen molar-refractivity contribution in [1.29, 1.82) is 0 Å². The fraction of sp³-hybridized carbons (Fsp3) is 0.400. The molecule has 2 saturated heterocycles. The standard InChI is InChI=1S/C25H27N3O5/c1-4-14-9-7-10-16-21(14)26-24(32)25(16)19-18(20(27-25)13(2)29)22(30)28(23(19)31)12-15-8-5-6-11-17(15)33-3/h5-11,13,18-20,27,29H,4,12H2,1-3H3,(H,26,32)/t13-,18+,19+,20+,25+/m1/s1. The van der Waals surface area contributed by atoms with Crippen LogP contribution in [0, 0.1) is 11.8 Å². The third-order valence-electron chi connectivity index (χ3n) is 7.28. The predicted octanol–water partition coefficient (Wildman–Crippen LogP) is 1.56. The van der Waals surface area contributed by atoms with E-state index >= 15 is 0 Å². The monoisotopic (exact) mass is 449 g/mol. The SMILES string of the molecule is CCc1cccc2c1NC(=O)[C@]21N[C@@H]([C@@H](C)O)[C@H]2C(=O)N(Cc3ccccc3OC)C(=O)[C@H]21. The summed E-state index contributed by atoms with van der Waals surface area (Å²) in [6, 6.07) is 12.1. The lowest BCUT2D eigenvalue weighted by molar-refractivity contribution is -0.143. The van der Waals surface area contributed by atoms with Crippen molar-refractivity contribution in [2.45, 2.75) is 44.5 Å². The van der Waals surface area contributed by atoms with Crippen LogP contribution in [0.5, 0.6) is 5.75 Å². The number of rotatable bonds is 5. The van der Waals surface area contributed by atoms with Crippen molar-refractivity contribution < 1.29 is 24.2 Å². The van der Waals surface area contributed by atoms with E-state index in [2.05, 4.69) is 10.6 Å². The lowest BCUT2D eigenvalue weighted by Gasteiger charge is -2.30. The van der Waals surface area contributed by atoms with E-state index in [9.17, 15) is 19.5 Å². The number of fused-ring (bicyclic) bond motifs is 4. The van der Waals surface area contributed by atoms with E-state index in [0.29, 0.717) is 29.0 Å². The van der Waals surface area contributed by atoms with Crippen LogP contribution in [0.2, 0.25) is 0 Å². The number of aliphatic hydroxyl groups is 1. The molecule has 1 spiro atoms. The van der Waals surface area contributed by atoms with Gasteiger partial charge in [-0.3, -0.25) is 24.6 Å². The van der Waals surface area contributed by atoms with E-state index in [1.54, 1.807) is 19.1 Å². The van der Waals surface area contributed by atoms with Gasteiger partial charge < -0.3 is 15.2 Å². The molecule has 2 aromatic rings. The minimum atomic E-state index is -1.41. The fourth-order valence-corrected chi connectivity index (χ4v) is 5.75. The molecule has 5 atom stereocenters. The second-order valence-electron chi connectivity index (χ2n) is 8.94. The van der Waals surface area contributed by atoms with Crippen LogP contribution >= 0.6 is 0 Å². The topological polar surface area (TPSA) is 108 Å². The van der Waals surface area contributed by atoms with E-state index in [0.717, 1.165) is 5.56 Å². The Bertz CT molecular complexity index is 1160. The van der Waals surface area contributed by atoms with Gasteiger partial charge in [-0.25, -0.2) is 0 Å². The summed E-state index contributed by atoms with van der Waals surface area (Å²) < 4.78 is 5.40. The second kappa shape index (κ2) is 7.67. The highest BCUT2D eigenvalue weighted by Gasteiger charge is 2.71. The number of anilines is 1. The number of para-hydroxylation sites is 2. The van der Waals surface area contributed by atoms with E-state index in [1.165, 1.54) is 12.0 Å². The average molecular weight is 450 g/mol. The zero-order valence-corrected chi connectivity index (χ0v) is 18.8. The quantitative estimate of drug-likeness (QED) is 0.598. The van der Waals surface area contributed by atoms with E-state index in [-0.39, 0.29) is 18.4 Å². The Kier molecular flexibility index (Phi) is 5.02. The molecule has 3 heterocycles. The zero-order valence-electron chi connectivity index (χ0n) is 18.8. The van der Waals surface area contributed by atoms with Gasteiger partial charge in [0.2, 0.25) is 17.7 Å². The molecule has 3 amide bonds. The number of nitrogens with zero attached hydrogens (tertiary/aromatic N) is 1. The van der Waals surface area contributed by atoms with Crippen LogP contribution in [0.1, 0.15) is 30.5 Å². The van der Waals surface area contributed by atoms with Crippen LogP contribution in [0.3, 0.4) is 0 Å². The molecule has 8 heteroatoms. The fourth-order valence-electron chi connectivity index (χ4n) is 5.75. The van der Waals surface area contributed by atoms with Gasteiger partial charge in [-0.2, -0.15) is 0 Å². The number of amides is 3. The van der Waals surface area contributed by atoms with Crippen molar-refractivity contribution in [1.82, 2.24) is 10.2 Å². The maximum atomic E-state index is 13.8. The Balaban J connectivity index is 1.62. The first-order valence-electron chi connectivity index (χ1n) is 11.2. The molecule has 2 aromatic carbocycles. The van der Waals surface area contributed by atoms with Gasteiger partial charge in [0.05, 0.1) is 31.6 Å². The summed E-state index contributed by atoms with van der Waals surface area (Å²) in [5.74, 6) is -2.40. The molecule has 172 valence electrons. The Hall–Kier alpha value is -3.23. The highest BCUT2D eigenvalue weighted by Crippen LogP contribution is 2.54. The van der Waals surface area contributed by atoms with Crippen LogP contribution < -0.4 is 15.4 Å². The molecule has 0 bridgehead atoms. The summed E-state index contributed by atoms with van der Waals surface area (Å²) >= 11 is 0. The molecule has 0 saturated carbocycles. The minimum absolute atomic E-state index is 0.0424. The van der Waals surface area contributed by atoms with Gasteiger partial charge in [0.25, 0.3) is 0 Å². The highest BCUT2D eigenvalue weighted by molar-refractivity contribution is 6.15. The Morgan fingerprint density at radius 3 is 2.52 bits per heavy atom. The zero-order chi connectivity index (χ0) is 23.5. The number of carbonyl (C=O) groups excluding carboxylic acids is 3. The molecule has 0 unspecified atom stereocenters. The Morgan fingerprint density at radius 2 is 1.82 bits per heavy atom. The van der Waals surface area contributed by atoms with Gasteiger partial charge in [-0.15, -0.1) is 0 Å². The van der Waals surface area contributed by atoms with Crippen molar-refractivity contribution in [3.8, 4) is 5.75 Å². The number of hydrogen-bond acceptors (Lipinski definition) is 6. The molecule has 3 aliphatic rings. The molecule has 0 radical (unpaired) electrons. The lowest BCUT2D eigenvalue weighted by Crippen LogP contribution is -2.54. The number of likely N-dealkylation sites (tertiary alicyclic amines) is 1. The normalized spacial score (nSPS) is 28.8. The molecule has 3 aliphatic heterocycles. The van der Waals surface area contributed by atoms with Gasteiger partial charge in [-0.05, 0) is 25.0 Å². The van der Waals surface area contributed by atoms with E-state index in [4.69, 9.17) is 4.74 Å². The van der Waals surface area contributed by atoms with Crippen LogP contribution in [0.4, 0.5) is 5.69 Å². The number of imide groups is 1. The molecular weight excluding hydrogens is 422 g/mol. The van der Waals surface area contributed by atoms with Gasteiger partial charge >= 0.3 is 0 Å². The van der Waals surface area contributed by atoms with Crippen molar-refractivity contribution >= 4 is 23.4 Å². The van der Waals surface area contributed by atoms with Gasteiger partial charge in [0.1, 0.15) is 11.3 Å². The first-order valence-corrected chi connectivity index (χ1v) is 11.2. The van der Waals surface area contributed by atoms with Crippen molar-refractivity contribution in [3.05, 3.63) is 59.2 Å². The molecule has 33 heavy (non-hydrogen) atoms. The maximum absolute atomic E-state index is 13.8. The molecule has 0 aliphatic carbocycles. The largest absolute Gasteiger partial charge is 0.496 e. The number of methoxy groups -OCH3 is 1. The van der Waals surface area contributed by atoms with Crippen LogP contribution in [-0.2, 0) is 32.9 Å². The number of carbonyl (C=O) groups is 3. The summed E-state index contributed by atoms with van der Waals surface area (Å²) in [4.78, 5) is 42.1. The third kappa shape index (κ3) is 2.87. The summed E-state index contributed by atoms with van der Waals surface area (Å²) in [5.41, 5.74) is 1.59. The number of nitrogens with one attached hydrogen (secondary N) is 2. The Morgan fingerprint density at radius 1 is 1.09 bits per heavy atom. The van der Waals surface area contributed by atoms with Crippen molar-refractivity contribution in [2.24, 2.45) is 11.8 Å². The van der Waals surface area contributed by atoms with Gasteiger partial charge in [0.15, 0.2) is 0 Å². The van der Waals surface area contributed by atoms with Crippen molar-refractivity contribution in [2.75, 3.05) is 12.4 Å². The Labute approximate surface area is 191 Å². The number of ether oxygens (including phenoxy) is 1. The molecule has 5 rings (SSSR count). The molecule has 8 nitrogen and oxygen atoms in total. The average Bonchev–Trinajstić information content (AvgIpc) is 3.40. The van der Waals surface area contributed by atoms with Crippen LogP contribution in [0.25, 0.3) is 0 Å². The first kappa shape index (κ1) is 21.6. The predicted molar refractivity (Wildman–Crippen MR) is 120 cm³/mol. The smallest absolute Gasteiger partial charge is 0.250 e. The van der Waals surface area contributed by atoms with Crippen LogP contribution in [-0.4, -0.2) is 47.0 Å². The highest BCUT2D eigenvalue weighted by atomic mass is 16.5. The number of aliphatic hydroxyl groups excluding tert-OH is 1. The van der Waals surface area contributed by atoms with Crippen LogP contribution in [0.15, 0.2) is 42.5 Å². The molecule has 3 N–H and O–H groups in total. The molecule has 2 fully saturated rings. The van der Waals surface area contributed by atoms with E-state index in [1.807, 2.05) is 37.3 Å².